The van der Waals surface area contributed by atoms with Crippen molar-refractivity contribution in [2.24, 2.45) is 34.5 Å². The molecule has 5 nitrogen and oxygen atoms in total. The zero-order valence-electron chi connectivity index (χ0n) is 19.2. The molecule has 5 heteroatoms. The molecule has 4 aliphatic carbocycles. The maximum Gasteiger partial charge on any atom is 0.302 e. The zero-order chi connectivity index (χ0) is 21.7. The highest BCUT2D eigenvalue weighted by atomic mass is 16.5. The van der Waals surface area contributed by atoms with E-state index in [1.807, 2.05) is 7.11 Å². The van der Waals surface area contributed by atoms with Crippen LogP contribution in [0.4, 0.5) is 0 Å². The van der Waals surface area contributed by atoms with Crippen molar-refractivity contribution in [3.8, 4) is 0 Å². The van der Waals surface area contributed by atoms with Crippen LogP contribution in [0.25, 0.3) is 0 Å². The number of hydrogen-bond donors (Lipinski definition) is 0. The predicted octanol–water partition coefficient (Wildman–Crippen LogP) is 4.69. The maximum atomic E-state index is 11.7. The highest BCUT2D eigenvalue weighted by molar-refractivity contribution is 5.66. The average Bonchev–Trinajstić information content (AvgIpc) is 2.98. The quantitative estimate of drug-likeness (QED) is 0.490. The minimum Gasteiger partial charge on any atom is -0.462 e. The summed E-state index contributed by atoms with van der Waals surface area (Å²) < 4.78 is 17.3. The van der Waals surface area contributed by atoms with Crippen molar-refractivity contribution in [2.45, 2.75) is 84.8 Å². The number of carbonyl (C=O) groups excluding carboxylic acids is 2. The standard InChI is InChI=1S/C25H38O5/c1-15-12-19(29-16(2)26)13-18-6-7-20-21-8-9-23(30-17(3)27)24(21,4)11-10-22(20)25(15,18)14-28-5/h6,15,19-23H,7-14H2,1-5H3/t15-,19+,20+,21+,22+,23+,24+,25+/m1/s1. The smallest absolute Gasteiger partial charge is 0.302 e. The molecule has 0 saturated heterocycles. The van der Waals surface area contributed by atoms with Crippen molar-refractivity contribution in [3.63, 3.8) is 0 Å². The summed E-state index contributed by atoms with van der Waals surface area (Å²) in [6.07, 6.45) is 9.72. The van der Waals surface area contributed by atoms with E-state index in [1.165, 1.54) is 19.4 Å². The van der Waals surface area contributed by atoms with Crippen molar-refractivity contribution >= 4 is 11.9 Å². The van der Waals surface area contributed by atoms with Gasteiger partial charge in [0.15, 0.2) is 0 Å². The Hall–Kier alpha value is -1.36. The summed E-state index contributed by atoms with van der Waals surface area (Å²) >= 11 is 0. The number of methoxy groups -OCH3 is 1. The molecule has 0 heterocycles. The second kappa shape index (κ2) is 7.96. The van der Waals surface area contributed by atoms with E-state index in [4.69, 9.17) is 14.2 Å². The SMILES string of the molecule is COC[C@]12C(=CC[C@H]3[C@@H]4CC[C@H](OC(C)=O)[C@@]4(C)CC[C@@H]31)C[C@@H](OC(C)=O)C[C@H]2C. The van der Waals surface area contributed by atoms with E-state index in [1.54, 1.807) is 0 Å². The Morgan fingerprint density at radius 1 is 1.10 bits per heavy atom. The summed E-state index contributed by atoms with van der Waals surface area (Å²) in [5, 5.41) is 0. The van der Waals surface area contributed by atoms with Gasteiger partial charge in [0.2, 0.25) is 0 Å². The minimum atomic E-state index is -0.184. The molecule has 0 N–H and O–H groups in total. The lowest BCUT2D eigenvalue weighted by atomic mass is 9.45. The molecule has 4 aliphatic rings. The van der Waals surface area contributed by atoms with Gasteiger partial charge in [-0.05, 0) is 62.2 Å². The number of fused-ring (bicyclic) bond motifs is 5. The first-order chi connectivity index (χ1) is 14.2. The van der Waals surface area contributed by atoms with Gasteiger partial charge in [-0.25, -0.2) is 0 Å². The normalized spacial score (nSPS) is 44.9. The molecular formula is C25H38O5. The molecule has 4 rings (SSSR count). The van der Waals surface area contributed by atoms with Gasteiger partial charge in [-0.2, -0.15) is 0 Å². The molecule has 0 aromatic carbocycles. The lowest BCUT2D eigenvalue weighted by Gasteiger charge is -2.60. The molecule has 0 aliphatic heterocycles. The van der Waals surface area contributed by atoms with Crippen LogP contribution in [0, 0.1) is 34.5 Å². The molecule has 3 fully saturated rings. The number of allylic oxidation sites excluding steroid dienone is 1. The van der Waals surface area contributed by atoms with Crippen LogP contribution < -0.4 is 0 Å². The summed E-state index contributed by atoms with van der Waals surface area (Å²) in [5.41, 5.74) is 1.58. The van der Waals surface area contributed by atoms with Gasteiger partial charge in [-0.15, -0.1) is 0 Å². The molecule has 30 heavy (non-hydrogen) atoms. The van der Waals surface area contributed by atoms with E-state index >= 15 is 0 Å². The fourth-order valence-corrected chi connectivity index (χ4v) is 8.10. The van der Waals surface area contributed by atoms with Crippen LogP contribution in [-0.2, 0) is 23.8 Å². The highest BCUT2D eigenvalue weighted by Crippen LogP contribution is 2.66. The van der Waals surface area contributed by atoms with Gasteiger partial charge >= 0.3 is 11.9 Å². The Balaban J connectivity index is 1.65. The molecule has 0 radical (unpaired) electrons. The van der Waals surface area contributed by atoms with E-state index in [-0.39, 0.29) is 35.0 Å². The molecule has 0 amide bonds. The van der Waals surface area contributed by atoms with Crippen molar-refractivity contribution in [3.05, 3.63) is 11.6 Å². The van der Waals surface area contributed by atoms with Gasteiger partial charge in [0.1, 0.15) is 12.2 Å². The second-order valence-corrected chi connectivity index (χ2v) is 10.6. The number of ether oxygens (including phenoxy) is 3. The summed E-state index contributed by atoms with van der Waals surface area (Å²) in [6, 6.07) is 0. The van der Waals surface area contributed by atoms with Crippen LogP contribution in [0.1, 0.15) is 72.6 Å². The van der Waals surface area contributed by atoms with E-state index in [0.717, 1.165) is 51.6 Å². The summed E-state index contributed by atoms with van der Waals surface area (Å²) in [6.45, 7) is 8.47. The predicted molar refractivity (Wildman–Crippen MR) is 114 cm³/mol. The Kier molecular flexibility index (Phi) is 5.80. The molecule has 3 saturated carbocycles. The third kappa shape index (κ3) is 3.32. The number of esters is 2. The van der Waals surface area contributed by atoms with Gasteiger partial charge < -0.3 is 14.2 Å². The molecule has 168 valence electrons. The van der Waals surface area contributed by atoms with Crippen LogP contribution in [0.2, 0.25) is 0 Å². The first-order valence-electron chi connectivity index (χ1n) is 11.7. The van der Waals surface area contributed by atoms with E-state index in [2.05, 4.69) is 19.9 Å². The third-order valence-corrected chi connectivity index (χ3v) is 9.21. The monoisotopic (exact) mass is 418 g/mol. The maximum absolute atomic E-state index is 11.7. The van der Waals surface area contributed by atoms with Crippen molar-refractivity contribution in [1.82, 2.24) is 0 Å². The lowest BCUT2D eigenvalue weighted by Crippen LogP contribution is -2.57. The molecule has 0 aromatic rings. The first kappa shape index (κ1) is 21.9. The highest BCUT2D eigenvalue weighted by Gasteiger charge is 2.62. The van der Waals surface area contributed by atoms with Crippen molar-refractivity contribution in [2.75, 3.05) is 13.7 Å². The van der Waals surface area contributed by atoms with E-state index < -0.39 is 0 Å². The third-order valence-electron chi connectivity index (χ3n) is 9.21. The van der Waals surface area contributed by atoms with Gasteiger partial charge in [0.25, 0.3) is 0 Å². The number of rotatable bonds is 4. The molecule has 8 atom stereocenters. The number of carbonyl (C=O) groups is 2. The molecule has 0 bridgehead atoms. The van der Waals surface area contributed by atoms with Crippen molar-refractivity contribution < 1.29 is 23.8 Å². The molecule has 0 unspecified atom stereocenters. The number of hydrogen-bond acceptors (Lipinski definition) is 5. The summed E-state index contributed by atoms with van der Waals surface area (Å²) in [4.78, 5) is 23.3. The largest absolute Gasteiger partial charge is 0.462 e. The van der Waals surface area contributed by atoms with E-state index in [0.29, 0.717) is 23.7 Å². The van der Waals surface area contributed by atoms with Crippen molar-refractivity contribution in [1.29, 1.82) is 0 Å². The van der Waals surface area contributed by atoms with Gasteiger partial charge in [-0.3, -0.25) is 9.59 Å². The Morgan fingerprint density at radius 3 is 2.50 bits per heavy atom. The summed E-state index contributed by atoms with van der Waals surface area (Å²) in [5.74, 6) is 1.85. The van der Waals surface area contributed by atoms with Crippen LogP contribution in [0.15, 0.2) is 11.6 Å². The molecule has 0 aromatic heterocycles. The fraction of sp³-hybridized carbons (Fsp3) is 0.840. The Morgan fingerprint density at radius 2 is 1.83 bits per heavy atom. The Labute approximate surface area is 180 Å². The van der Waals surface area contributed by atoms with E-state index in [9.17, 15) is 9.59 Å². The van der Waals surface area contributed by atoms with Crippen LogP contribution in [0.3, 0.4) is 0 Å². The lowest BCUT2D eigenvalue weighted by molar-refractivity contribution is -0.160. The topological polar surface area (TPSA) is 61.8 Å². The van der Waals surface area contributed by atoms with Gasteiger partial charge in [0, 0.05) is 38.2 Å². The van der Waals surface area contributed by atoms with Crippen LogP contribution in [0.5, 0.6) is 0 Å². The van der Waals surface area contributed by atoms with Crippen LogP contribution in [-0.4, -0.2) is 37.9 Å². The Bertz CT molecular complexity index is 729. The van der Waals surface area contributed by atoms with Gasteiger partial charge in [0.05, 0.1) is 6.61 Å². The summed E-state index contributed by atoms with van der Waals surface area (Å²) in [7, 11) is 1.82. The average molecular weight is 419 g/mol. The zero-order valence-corrected chi connectivity index (χ0v) is 19.2. The van der Waals surface area contributed by atoms with Gasteiger partial charge in [-0.1, -0.05) is 25.5 Å². The first-order valence-corrected chi connectivity index (χ1v) is 11.7. The minimum absolute atomic E-state index is 0.0148. The molecular weight excluding hydrogens is 380 g/mol. The second-order valence-electron chi connectivity index (χ2n) is 10.6. The van der Waals surface area contributed by atoms with Crippen LogP contribution >= 0.6 is 0 Å². The molecule has 0 spiro atoms. The fourth-order valence-electron chi connectivity index (χ4n) is 8.10.